The summed E-state index contributed by atoms with van der Waals surface area (Å²) in [5.74, 6) is 2.10. The van der Waals surface area contributed by atoms with Crippen LogP contribution in [0.25, 0.3) is 0 Å². The van der Waals surface area contributed by atoms with Crippen molar-refractivity contribution in [2.45, 2.75) is 44.9 Å². The van der Waals surface area contributed by atoms with Gasteiger partial charge in [0, 0.05) is 32.7 Å². The molecule has 0 aliphatic heterocycles. The van der Waals surface area contributed by atoms with E-state index in [1.165, 1.54) is 11.3 Å². The Bertz CT molecular complexity index is 947. The van der Waals surface area contributed by atoms with Crippen molar-refractivity contribution in [3.05, 3.63) is 41.3 Å². The second-order valence-electron chi connectivity index (χ2n) is 8.82. The highest BCUT2D eigenvalue weighted by molar-refractivity contribution is 7.45. The van der Waals surface area contributed by atoms with Gasteiger partial charge in [-0.05, 0) is 55.7 Å². The number of rotatable bonds is 14. The SMILES string of the molecule is COc1cccc(CCc2nc(N(C=O)CCCCP(O)O)c(C(=O)N(C)CC3CCC3)[nH]2)c1. The Balaban J connectivity index is 1.76. The molecule has 2 amide bonds. The number of nitrogens with one attached hydrogen (secondary N) is 1. The number of H-pyrrole nitrogens is 1. The fraction of sp³-hybridized carbons (Fsp3) is 0.542. The summed E-state index contributed by atoms with van der Waals surface area (Å²) in [6, 6.07) is 7.81. The third-order valence-corrected chi connectivity index (χ3v) is 6.96. The molecular weight excluding hydrogens is 455 g/mol. The summed E-state index contributed by atoms with van der Waals surface area (Å²) in [6.07, 6.45) is 6.89. The fourth-order valence-corrected chi connectivity index (χ4v) is 4.56. The van der Waals surface area contributed by atoms with Crippen LogP contribution in [0.5, 0.6) is 5.75 Å². The molecule has 186 valence electrons. The van der Waals surface area contributed by atoms with Crippen molar-refractivity contribution in [3.63, 3.8) is 0 Å². The number of aromatic nitrogens is 2. The zero-order chi connectivity index (χ0) is 24.5. The first-order valence-electron chi connectivity index (χ1n) is 11.8. The van der Waals surface area contributed by atoms with Crippen molar-refractivity contribution in [1.82, 2.24) is 14.9 Å². The molecule has 1 aromatic heterocycles. The maximum Gasteiger partial charge on any atom is 0.273 e. The van der Waals surface area contributed by atoms with Crippen molar-refractivity contribution >= 4 is 26.5 Å². The average molecular weight is 491 g/mol. The van der Waals surface area contributed by atoms with Gasteiger partial charge in [0.05, 0.1) is 7.11 Å². The number of unbranched alkanes of at least 4 members (excludes halogenated alkanes) is 1. The van der Waals surface area contributed by atoms with Crippen LogP contribution >= 0.6 is 8.38 Å². The molecule has 1 heterocycles. The number of methoxy groups -OCH3 is 1. The molecule has 1 saturated carbocycles. The van der Waals surface area contributed by atoms with Gasteiger partial charge in [0.1, 0.15) is 17.3 Å². The molecule has 34 heavy (non-hydrogen) atoms. The first kappa shape index (κ1) is 26.1. The smallest absolute Gasteiger partial charge is 0.273 e. The van der Waals surface area contributed by atoms with E-state index in [1.54, 1.807) is 19.1 Å². The topological polar surface area (TPSA) is 119 Å². The summed E-state index contributed by atoms with van der Waals surface area (Å²) >= 11 is 0. The molecule has 1 fully saturated rings. The number of aryl methyl sites for hydroxylation is 2. The normalized spacial score (nSPS) is 13.6. The van der Waals surface area contributed by atoms with Crippen molar-refractivity contribution < 1.29 is 24.1 Å². The van der Waals surface area contributed by atoms with Crippen LogP contribution in [0.2, 0.25) is 0 Å². The van der Waals surface area contributed by atoms with Crippen LogP contribution in [0.4, 0.5) is 5.82 Å². The minimum Gasteiger partial charge on any atom is -0.497 e. The molecule has 0 unspecified atom stereocenters. The largest absolute Gasteiger partial charge is 0.497 e. The highest BCUT2D eigenvalue weighted by Crippen LogP contribution is 2.28. The second-order valence-corrected chi connectivity index (χ2v) is 10.0. The lowest BCUT2D eigenvalue weighted by Gasteiger charge is -2.30. The molecule has 1 aromatic carbocycles. The van der Waals surface area contributed by atoms with Crippen molar-refractivity contribution in [2.24, 2.45) is 5.92 Å². The number of benzene rings is 1. The molecular formula is C24H35N4O5P. The van der Waals surface area contributed by atoms with E-state index in [0.717, 1.165) is 24.2 Å². The maximum absolute atomic E-state index is 13.3. The number of hydrogen-bond donors (Lipinski definition) is 3. The van der Waals surface area contributed by atoms with Gasteiger partial charge in [-0.25, -0.2) is 4.98 Å². The minimum absolute atomic E-state index is 0.178. The number of hydrogen-bond acceptors (Lipinski definition) is 6. The van der Waals surface area contributed by atoms with E-state index in [-0.39, 0.29) is 5.91 Å². The van der Waals surface area contributed by atoms with Crippen LogP contribution in [-0.4, -0.2) is 70.4 Å². The molecule has 0 spiro atoms. The lowest BCUT2D eigenvalue weighted by atomic mass is 9.85. The van der Waals surface area contributed by atoms with E-state index in [4.69, 9.17) is 14.5 Å². The van der Waals surface area contributed by atoms with E-state index < -0.39 is 8.38 Å². The lowest BCUT2D eigenvalue weighted by molar-refractivity contribution is -0.107. The quantitative estimate of drug-likeness (QED) is 0.213. The summed E-state index contributed by atoms with van der Waals surface area (Å²) in [5, 5.41) is 0. The third-order valence-electron chi connectivity index (χ3n) is 6.24. The Morgan fingerprint density at radius 1 is 1.29 bits per heavy atom. The van der Waals surface area contributed by atoms with Crippen LogP contribution in [-0.2, 0) is 17.6 Å². The Labute approximate surface area is 202 Å². The average Bonchev–Trinajstić information content (AvgIpc) is 3.23. The van der Waals surface area contributed by atoms with Gasteiger partial charge in [-0.2, -0.15) is 0 Å². The van der Waals surface area contributed by atoms with E-state index in [2.05, 4.69) is 9.97 Å². The molecule has 0 radical (unpaired) electrons. The zero-order valence-corrected chi connectivity index (χ0v) is 20.8. The number of aromatic amines is 1. The van der Waals surface area contributed by atoms with Gasteiger partial charge in [-0.1, -0.05) is 18.6 Å². The first-order valence-corrected chi connectivity index (χ1v) is 13.2. The number of carbonyl (C=O) groups is 2. The molecule has 0 atom stereocenters. The highest BCUT2D eigenvalue weighted by atomic mass is 31.2. The standard InChI is InChI=1S/C24H35N4O5P/c1-27(16-19-8-5-9-19)24(30)22-23(28(17-29)13-3-4-14-34(31)32)26-21(25-22)12-11-18-7-6-10-20(15-18)33-2/h6-7,10,15,17,19,31-32H,3-5,8-9,11-14,16H2,1-2H3,(H,25,26). The number of nitrogens with zero attached hydrogens (tertiary/aromatic N) is 3. The van der Waals surface area contributed by atoms with E-state index in [0.29, 0.717) is 74.6 Å². The monoisotopic (exact) mass is 490 g/mol. The summed E-state index contributed by atoms with van der Waals surface area (Å²) in [7, 11) is 1.48. The third kappa shape index (κ3) is 7.26. The van der Waals surface area contributed by atoms with Crippen molar-refractivity contribution in [2.75, 3.05) is 38.3 Å². The molecule has 2 aromatic rings. The lowest BCUT2D eigenvalue weighted by Crippen LogP contribution is -2.35. The van der Waals surface area contributed by atoms with Gasteiger partial charge < -0.3 is 24.4 Å². The van der Waals surface area contributed by atoms with Gasteiger partial charge in [0.2, 0.25) is 6.41 Å². The fourth-order valence-electron chi connectivity index (χ4n) is 4.06. The van der Waals surface area contributed by atoms with Gasteiger partial charge >= 0.3 is 0 Å². The van der Waals surface area contributed by atoms with Crippen LogP contribution in [0, 0.1) is 5.92 Å². The predicted molar refractivity (Wildman–Crippen MR) is 132 cm³/mol. The van der Waals surface area contributed by atoms with Gasteiger partial charge in [0.15, 0.2) is 14.2 Å². The molecule has 0 saturated heterocycles. The van der Waals surface area contributed by atoms with Crippen LogP contribution in [0.1, 0.15) is 54.0 Å². The minimum atomic E-state index is -1.95. The number of anilines is 1. The van der Waals surface area contributed by atoms with Gasteiger partial charge in [0.25, 0.3) is 5.91 Å². The number of ether oxygens (including phenoxy) is 1. The van der Waals surface area contributed by atoms with Crippen LogP contribution in [0.3, 0.4) is 0 Å². The van der Waals surface area contributed by atoms with Gasteiger partial charge in [-0.15, -0.1) is 0 Å². The first-order chi connectivity index (χ1) is 16.4. The van der Waals surface area contributed by atoms with Crippen molar-refractivity contribution in [1.29, 1.82) is 0 Å². The Kier molecular flexibility index (Phi) is 9.86. The number of amides is 2. The molecule has 3 N–H and O–H groups in total. The van der Waals surface area contributed by atoms with Crippen LogP contribution in [0.15, 0.2) is 24.3 Å². The Morgan fingerprint density at radius 3 is 2.74 bits per heavy atom. The number of carbonyl (C=O) groups excluding carboxylic acids is 2. The predicted octanol–water partition coefficient (Wildman–Crippen LogP) is 3.12. The van der Waals surface area contributed by atoms with E-state index in [1.807, 2.05) is 24.3 Å². The second kappa shape index (κ2) is 12.8. The highest BCUT2D eigenvalue weighted by Gasteiger charge is 2.27. The summed E-state index contributed by atoms with van der Waals surface area (Å²) in [5.41, 5.74) is 1.41. The van der Waals surface area contributed by atoms with E-state index in [9.17, 15) is 9.59 Å². The Morgan fingerprint density at radius 2 is 2.09 bits per heavy atom. The Hall–Kier alpha value is -2.48. The zero-order valence-electron chi connectivity index (χ0n) is 19.9. The van der Waals surface area contributed by atoms with Crippen LogP contribution < -0.4 is 9.64 Å². The van der Waals surface area contributed by atoms with E-state index >= 15 is 0 Å². The van der Waals surface area contributed by atoms with Crippen molar-refractivity contribution in [3.8, 4) is 5.75 Å². The molecule has 9 nitrogen and oxygen atoms in total. The summed E-state index contributed by atoms with van der Waals surface area (Å²) in [4.78, 5) is 54.4. The molecule has 10 heteroatoms. The molecule has 1 aliphatic carbocycles. The number of imidazole rings is 1. The van der Waals surface area contributed by atoms with Gasteiger partial charge in [-0.3, -0.25) is 14.5 Å². The molecule has 3 rings (SSSR count). The molecule has 1 aliphatic rings. The summed E-state index contributed by atoms with van der Waals surface area (Å²) < 4.78 is 5.29. The summed E-state index contributed by atoms with van der Waals surface area (Å²) in [6.45, 7) is 1.04. The molecule has 0 bridgehead atoms. The maximum atomic E-state index is 13.3.